The van der Waals surface area contributed by atoms with Gasteiger partial charge in [0.1, 0.15) is 5.75 Å². The van der Waals surface area contributed by atoms with Gasteiger partial charge in [0.05, 0.1) is 11.1 Å². The zero-order valence-corrected chi connectivity index (χ0v) is 11.9. The summed E-state index contributed by atoms with van der Waals surface area (Å²) in [5.74, 6) is 0.190. The lowest BCUT2D eigenvalue weighted by molar-refractivity contribution is 0.201. The first-order valence-electron chi connectivity index (χ1n) is 7.07. The van der Waals surface area contributed by atoms with Gasteiger partial charge in [0.15, 0.2) is 0 Å². The Morgan fingerprint density at radius 1 is 1.00 bits per heavy atom. The molecule has 1 atom stereocenters. The van der Waals surface area contributed by atoms with E-state index in [1.54, 1.807) is 0 Å². The topological polar surface area (TPSA) is 23.5 Å². The first kappa shape index (κ1) is 12.2. The van der Waals surface area contributed by atoms with Gasteiger partial charge in [-0.05, 0) is 47.2 Å². The van der Waals surface area contributed by atoms with Crippen molar-refractivity contribution in [2.75, 3.05) is 13.1 Å². The van der Waals surface area contributed by atoms with Crippen LogP contribution >= 0.6 is 11.6 Å². The average molecular weight is 286 g/mol. The molecule has 2 aromatic rings. The Kier molecular flexibility index (Phi) is 2.76. The lowest BCUT2D eigenvalue weighted by atomic mass is 9.82. The molecule has 4 rings (SSSR count). The van der Waals surface area contributed by atoms with Gasteiger partial charge in [-0.3, -0.25) is 4.90 Å². The van der Waals surface area contributed by atoms with Crippen LogP contribution in [0.1, 0.15) is 28.3 Å². The van der Waals surface area contributed by atoms with Gasteiger partial charge in [-0.25, -0.2) is 0 Å². The highest BCUT2D eigenvalue weighted by Gasteiger charge is 2.33. The molecule has 0 amide bonds. The molecule has 1 N–H and O–H groups in total. The number of phenols is 1. The first-order valence-corrected chi connectivity index (χ1v) is 7.45. The number of rotatable bonds is 0. The summed E-state index contributed by atoms with van der Waals surface area (Å²) in [5.41, 5.74) is 5.29. The highest BCUT2D eigenvalue weighted by molar-refractivity contribution is 6.32. The molecule has 0 fully saturated rings. The Morgan fingerprint density at radius 3 is 2.60 bits per heavy atom. The summed E-state index contributed by atoms with van der Waals surface area (Å²) in [4.78, 5) is 2.51. The third kappa shape index (κ3) is 1.75. The standard InChI is InChI=1S/C17H16ClNO/c18-15-9-12-6-8-19-7-5-11-3-1-2-4-13(11)17(19)14(12)10-16(15)20/h1-4,9-10,17,20H,5-8H2/t17-/m1/s1. The number of hydrogen-bond acceptors (Lipinski definition) is 2. The van der Waals surface area contributed by atoms with Crippen LogP contribution in [0, 0.1) is 0 Å². The molecule has 0 radical (unpaired) electrons. The van der Waals surface area contributed by atoms with Crippen LogP contribution in [0.25, 0.3) is 0 Å². The van der Waals surface area contributed by atoms with Crippen molar-refractivity contribution >= 4 is 11.6 Å². The van der Waals surface area contributed by atoms with Gasteiger partial charge in [-0.15, -0.1) is 0 Å². The molecule has 2 heterocycles. The zero-order valence-electron chi connectivity index (χ0n) is 11.1. The minimum Gasteiger partial charge on any atom is -0.506 e. The van der Waals surface area contributed by atoms with Gasteiger partial charge in [0.25, 0.3) is 0 Å². The van der Waals surface area contributed by atoms with Gasteiger partial charge >= 0.3 is 0 Å². The molecule has 2 aromatic carbocycles. The SMILES string of the molecule is Oc1cc2c(cc1Cl)CCN1CCc3ccccc3[C@H]21. The van der Waals surface area contributed by atoms with Crippen molar-refractivity contribution < 1.29 is 5.11 Å². The van der Waals surface area contributed by atoms with E-state index >= 15 is 0 Å². The van der Waals surface area contributed by atoms with E-state index in [1.165, 1.54) is 22.3 Å². The molecule has 0 saturated heterocycles. The maximum atomic E-state index is 9.96. The molecule has 3 heteroatoms. The number of halogens is 1. The van der Waals surface area contributed by atoms with Crippen molar-refractivity contribution in [3.63, 3.8) is 0 Å². The van der Waals surface area contributed by atoms with Crippen LogP contribution in [-0.2, 0) is 12.8 Å². The molecule has 0 aromatic heterocycles. The second kappa shape index (κ2) is 4.51. The summed E-state index contributed by atoms with van der Waals surface area (Å²) in [7, 11) is 0. The van der Waals surface area contributed by atoms with E-state index in [1.807, 2.05) is 12.1 Å². The second-order valence-electron chi connectivity index (χ2n) is 5.64. The van der Waals surface area contributed by atoms with E-state index in [9.17, 15) is 5.11 Å². The number of benzene rings is 2. The maximum Gasteiger partial charge on any atom is 0.134 e. The lowest BCUT2D eigenvalue weighted by Gasteiger charge is -2.42. The molecule has 0 unspecified atom stereocenters. The molecule has 0 spiro atoms. The maximum absolute atomic E-state index is 9.96. The van der Waals surface area contributed by atoms with Crippen molar-refractivity contribution in [3.8, 4) is 5.75 Å². The summed E-state index contributed by atoms with van der Waals surface area (Å²) in [6.07, 6.45) is 2.12. The fraction of sp³-hybridized carbons (Fsp3) is 0.294. The minimum absolute atomic E-state index is 0.190. The summed E-state index contributed by atoms with van der Waals surface area (Å²) in [5, 5.41) is 10.4. The monoisotopic (exact) mass is 285 g/mol. The highest BCUT2D eigenvalue weighted by atomic mass is 35.5. The molecule has 2 nitrogen and oxygen atoms in total. The summed E-state index contributed by atoms with van der Waals surface area (Å²) in [6.45, 7) is 2.15. The molecule has 0 bridgehead atoms. The minimum atomic E-state index is 0.190. The zero-order chi connectivity index (χ0) is 13.7. The lowest BCUT2D eigenvalue weighted by Crippen LogP contribution is -2.40. The highest BCUT2D eigenvalue weighted by Crippen LogP contribution is 2.42. The quantitative estimate of drug-likeness (QED) is 0.800. The Balaban J connectivity index is 1.92. The van der Waals surface area contributed by atoms with Crippen molar-refractivity contribution in [2.24, 2.45) is 0 Å². The molecular formula is C17H16ClNO. The van der Waals surface area contributed by atoms with Crippen LogP contribution in [0.15, 0.2) is 36.4 Å². The van der Waals surface area contributed by atoms with Crippen LogP contribution in [0.4, 0.5) is 0 Å². The smallest absolute Gasteiger partial charge is 0.134 e. The second-order valence-corrected chi connectivity index (χ2v) is 6.05. The van der Waals surface area contributed by atoms with Crippen LogP contribution in [0.2, 0.25) is 5.02 Å². The van der Waals surface area contributed by atoms with Gasteiger partial charge in [-0.2, -0.15) is 0 Å². The normalized spacial score (nSPS) is 20.9. The summed E-state index contributed by atoms with van der Waals surface area (Å²) < 4.78 is 0. The predicted octanol–water partition coefficient (Wildman–Crippen LogP) is 3.55. The fourth-order valence-electron chi connectivity index (χ4n) is 3.58. The molecule has 2 aliphatic rings. The fourth-order valence-corrected chi connectivity index (χ4v) is 3.76. The van der Waals surface area contributed by atoms with Crippen LogP contribution in [-0.4, -0.2) is 23.1 Å². The molecule has 2 aliphatic heterocycles. The van der Waals surface area contributed by atoms with E-state index in [4.69, 9.17) is 11.6 Å². The number of hydrogen-bond donors (Lipinski definition) is 1. The van der Waals surface area contributed by atoms with Crippen molar-refractivity contribution in [1.29, 1.82) is 0 Å². The third-order valence-electron chi connectivity index (χ3n) is 4.55. The molecule has 20 heavy (non-hydrogen) atoms. The number of aromatic hydroxyl groups is 1. The van der Waals surface area contributed by atoms with Crippen molar-refractivity contribution in [2.45, 2.75) is 18.9 Å². The Bertz CT molecular complexity index is 683. The Morgan fingerprint density at radius 2 is 1.75 bits per heavy atom. The average Bonchev–Trinajstić information content (AvgIpc) is 2.48. The molecule has 102 valence electrons. The molecule has 0 aliphatic carbocycles. The van der Waals surface area contributed by atoms with Crippen LogP contribution < -0.4 is 0 Å². The largest absolute Gasteiger partial charge is 0.506 e. The summed E-state index contributed by atoms with van der Waals surface area (Å²) in [6, 6.07) is 12.7. The Labute approximate surface area is 123 Å². The van der Waals surface area contributed by atoms with Crippen LogP contribution in [0.3, 0.4) is 0 Å². The van der Waals surface area contributed by atoms with Gasteiger partial charge < -0.3 is 5.11 Å². The van der Waals surface area contributed by atoms with Crippen molar-refractivity contribution in [3.05, 3.63) is 63.7 Å². The van der Waals surface area contributed by atoms with E-state index < -0.39 is 0 Å². The van der Waals surface area contributed by atoms with Gasteiger partial charge in [0, 0.05) is 13.1 Å². The Hall–Kier alpha value is -1.51. The third-order valence-corrected chi connectivity index (χ3v) is 4.86. The van der Waals surface area contributed by atoms with E-state index in [0.29, 0.717) is 5.02 Å². The molecular weight excluding hydrogens is 270 g/mol. The van der Waals surface area contributed by atoms with Gasteiger partial charge in [-0.1, -0.05) is 35.9 Å². The number of fused-ring (bicyclic) bond motifs is 5. The summed E-state index contributed by atoms with van der Waals surface area (Å²) >= 11 is 6.06. The first-order chi connectivity index (χ1) is 9.74. The van der Waals surface area contributed by atoms with Crippen molar-refractivity contribution in [1.82, 2.24) is 4.90 Å². The predicted molar refractivity (Wildman–Crippen MR) is 80.4 cm³/mol. The van der Waals surface area contributed by atoms with E-state index in [0.717, 1.165) is 25.9 Å². The van der Waals surface area contributed by atoms with Crippen LogP contribution in [0.5, 0.6) is 5.75 Å². The van der Waals surface area contributed by atoms with E-state index in [-0.39, 0.29) is 11.8 Å². The number of phenolic OH excluding ortho intramolecular Hbond substituents is 1. The number of nitrogens with zero attached hydrogens (tertiary/aromatic N) is 1. The van der Waals surface area contributed by atoms with E-state index in [2.05, 4.69) is 29.2 Å². The molecule has 0 saturated carbocycles. The van der Waals surface area contributed by atoms with Gasteiger partial charge in [0.2, 0.25) is 0 Å².